The number of likely N-dealkylation sites (tertiary alicyclic amines) is 1. The number of hydrogen-bond acceptors (Lipinski definition) is 3. The van der Waals surface area contributed by atoms with Gasteiger partial charge in [-0.2, -0.15) is 0 Å². The minimum atomic E-state index is -3.67. The fourth-order valence-electron chi connectivity index (χ4n) is 2.30. The van der Waals surface area contributed by atoms with Gasteiger partial charge < -0.3 is 4.90 Å². The lowest BCUT2D eigenvalue weighted by molar-refractivity contribution is -0.127. The van der Waals surface area contributed by atoms with Gasteiger partial charge in [-0.05, 0) is 24.6 Å². The lowest BCUT2D eigenvalue weighted by atomic mass is 10.2. The van der Waals surface area contributed by atoms with Crippen LogP contribution in [0.25, 0.3) is 0 Å². The van der Waals surface area contributed by atoms with E-state index in [4.69, 9.17) is 11.6 Å². The number of rotatable bonds is 6. The molecule has 0 spiro atoms. The molecule has 0 N–H and O–H groups in total. The summed E-state index contributed by atoms with van der Waals surface area (Å²) in [5.41, 5.74) is 0.0385. The Bertz CT molecular complexity index is 666. The van der Waals surface area contributed by atoms with Crippen molar-refractivity contribution in [3.63, 3.8) is 0 Å². The first-order valence-electron chi connectivity index (χ1n) is 6.95. The fraction of sp³-hybridized carbons (Fsp3) is 0.500. The summed E-state index contributed by atoms with van der Waals surface area (Å²) >= 11 is 5.77. The van der Waals surface area contributed by atoms with Crippen molar-refractivity contribution >= 4 is 27.5 Å². The minimum Gasteiger partial charge on any atom is -0.341 e. The van der Waals surface area contributed by atoms with Crippen LogP contribution in [0, 0.1) is 5.82 Å². The fourth-order valence-corrected chi connectivity index (χ4v) is 3.69. The van der Waals surface area contributed by atoms with Crippen molar-refractivity contribution < 1.29 is 17.6 Å². The molecule has 1 aromatic rings. The second-order valence-corrected chi connectivity index (χ2v) is 7.81. The van der Waals surface area contributed by atoms with Crippen LogP contribution in [0.2, 0.25) is 5.02 Å². The van der Waals surface area contributed by atoms with Crippen LogP contribution in [0.1, 0.15) is 18.4 Å². The monoisotopic (exact) mass is 348 g/mol. The number of carbonyl (C=O) groups is 1. The molecule has 1 aromatic carbocycles. The van der Waals surface area contributed by atoms with Crippen molar-refractivity contribution in [2.75, 3.05) is 26.7 Å². The number of sulfonamides is 1. The molecule has 2 rings (SSSR count). The molecule has 0 atom stereocenters. The number of nitrogens with zero attached hydrogens (tertiary/aromatic N) is 2. The van der Waals surface area contributed by atoms with E-state index < -0.39 is 21.6 Å². The van der Waals surface area contributed by atoms with E-state index in [1.807, 2.05) is 0 Å². The minimum absolute atomic E-state index is 0.0385. The zero-order valence-electron chi connectivity index (χ0n) is 12.3. The standard InChI is InChI=1S/C14H18ClFN2O3S/c1-17(7-8-18-6-2-3-14(18)19)22(20,21)10-11-9-12(15)4-5-13(11)16/h4-5,9H,2-3,6-8,10H2,1H3. The molecular formula is C14H18ClFN2O3S. The predicted octanol–water partition coefficient (Wildman–Crippen LogP) is 1.86. The topological polar surface area (TPSA) is 57.7 Å². The van der Waals surface area contributed by atoms with Crippen LogP contribution in [0.4, 0.5) is 4.39 Å². The quantitative estimate of drug-likeness (QED) is 0.788. The molecule has 0 bridgehead atoms. The van der Waals surface area contributed by atoms with Crippen molar-refractivity contribution in [2.45, 2.75) is 18.6 Å². The predicted molar refractivity (Wildman–Crippen MR) is 82.5 cm³/mol. The number of benzene rings is 1. The molecule has 1 aliphatic heterocycles. The van der Waals surface area contributed by atoms with Gasteiger partial charge in [0.1, 0.15) is 5.82 Å². The van der Waals surface area contributed by atoms with Gasteiger partial charge in [-0.25, -0.2) is 17.1 Å². The van der Waals surface area contributed by atoms with Gasteiger partial charge in [0.2, 0.25) is 15.9 Å². The first kappa shape index (κ1) is 17.2. The molecule has 22 heavy (non-hydrogen) atoms. The molecule has 0 saturated carbocycles. The molecule has 1 heterocycles. The highest BCUT2D eigenvalue weighted by atomic mass is 35.5. The summed E-state index contributed by atoms with van der Waals surface area (Å²) in [7, 11) is -2.24. The molecular weight excluding hydrogens is 331 g/mol. The first-order chi connectivity index (χ1) is 10.3. The van der Waals surface area contributed by atoms with E-state index in [1.54, 1.807) is 4.90 Å². The highest BCUT2D eigenvalue weighted by Crippen LogP contribution is 2.18. The second kappa shape index (κ2) is 6.93. The van der Waals surface area contributed by atoms with E-state index in [-0.39, 0.29) is 23.0 Å². The van der Waals surface area contributed by atoms with E-state index in [9.17, 15) is 17.6 Å². The third-order valence-electron chi connectivity index (χ3n) is 3.68. The Labute approximate surface area is 134 Å². The molecule has 0 radical (unpaired) electrons. The zero-order valence-corrected chi connectivity index (χ0v) is 13.8. The highest BCUT2D eigenvalue weighted by Gasteiger charge is 2.24. The Morgan fingerprint density at radius 2 is 2.14 bits per heavy atom. The molecule has 1 saturated heterocycles. The van der Waals surface area contributed by atoms with Crippen molar-refractivity contribution in [1.82, 2.24) is 9.21 Å². The summed E-state index contributed by atoms with van der Waals surface area (Å²) in [6.07, 6.45) is 1.33. The average molecular weight is 349 g/mol. The van der Waals surface area contributed by atoms with Crippen LogP contribution in [-0.2, 0) is 20.6 Å². The molecule has 122 valence electrons. The lowest BCUT2D eigenvalue weighted by Gasteiger charge is -2.21. The number of carbonyl (C=O) groups excluding carboxylic acids is 1. The van der Waals surface area contributed by atoms with Crippen molar-refractivity contribution in [1.29, 1.82) is 0 Å². The Kier molecular flexibility index (Phi) is 5.41. The number of halogens is 2. The summed E-state index contributed by atoms with van der Waals surface area (Å²) in [5, 5.41) is 0.289. The van der Waals surface area contributed by atoms with Crippen molar-refractivity contribution in [3.05, 3.63) is 34.6 Å². The second-order valence-electron chi connectivity index (χ2n) is 5.30. The molecule has 8 heteroatoms. The zero-order chi connectivity index (χ0) is 16.3. The first-order valence-corrected chi connectivity index (χ1v) is 8.94. The Hall–Kier alpha value is -1.18. The van der Waals surface area contributed by atoms with Crippen molar-refractivity contribution in [2.24, 2.45) is 0 Å². The lowest BCUT2D eigenvalue weighted by Crippen LogP contribution is -2.37. The van der Waals surface area contributed by atoms with Crippen LogP contribution in [0.5, 0.6) is 0 Å². The van der Waals surface area contributed by atoms with Crippen LogP contribution < -0.4 is 0 Å². The van der Waals surface area contributed by atoms with Gasteiger partial charge in [0, 0.05) is 43.7 Å². The third-order valence-corrected chi connectivity index (χ3v) is 5.72. The Morgan fingerprint density at radius 1 is 1.41 bits per heavy atom. The molecule has 1 aliphatic rings. The van der Waals surface area contributed by atoms with E-state index in [0.29, 0.717) is 19.5 Å². The maximum Gasteiger partial charge on any atom is 0.222 e. The van der Waals surface area contributed by atoms with E-state index in [2.05, 4.69) is 0 Å². The summed E-state index contributed by atoms with van der Waals surface area (Å²) in [6, 6.07) is 3.83. The number of amides is 1. The summed E-state index contributed by atoms with van der Waals surface area (Å²) < 4.78 is 39.3. The Balaban J connectivity index is 1.99. The average Bonchev–Trinajstić information content (AvgIpc) is 2.85. The van der Waals surface area contributed by atoms with Crippen LogP contribution in [0.15, 0.2) is 18.2 Å². The van der Waals surface area contributed by atoms with E-state index in [0.717, 1.165) is 16.8 Å². The maximum atomic E-state index is 13.7. The van der Waals surface area contributed by atoms with Gasteiger partial charge in [0.25, 0.3) is 0 Å². The SMILES string of the molecule is CN(CCN1CCCC1=O)S(=O)(=O)Cc1cc(Cl)ccc1F. The van der Waals surface area contributed by atoms with Crippen molar-refractivity contribution in [3.8, 4) is 0 Å². The Morgan fingerprint density at radius 3 is 2.77 bits per heavy atom. The highest BCUT2D eigenvalue weighted by molar-refractivity contribution is 7.88. The summed E-state index contributed by atoms with van der Waals surface area (Å²) in [6.45, 7) is 1.21. The summed E-state index contributed by atoms with van der Waals surface area (Å²) in [4.78, 5) is 13.1. The third kappa shape index (κ3) is 4.18. The van der Waals surface area contributed by atoms with Gasteiger partial charge in [-0.3, -0.25) is 4.79 Å². The molecule has 1 amide bonds. The van der Waals surface area contributed by atoms with Gasteiger partial charge in [-0.1, -0.05) is 11.6 Å². The normalized spacial score (nSPS) is 15.8. The number of likely N-dealkylation sites (N-methyl/N-ethyl adjacent to an activating group) is 1. The molecule has 5 nitrogen and oxygen atoms in total. The maximum absolute atomic E-state index is 13.7. The molecule has 0 unspecified atom stereocenters. The van der Waals surface area contributed by atoms with Crippen LogP contribution in [0.3, 0.4) is 0 Å². The molecule has 0 aliphatic carbocycles. The summed E-state index contributed by atoms with van der Waals surface area (Å²) in [5.74, 6) is -1.01. The smallest absolute Gasteiger partial charge is 0.222 e. The van der Waals surface area contributed by atoms with Gasteiger partial charge >= 0.3 is 0 Å². The molecule has 1 fully saturated rings. The van der Waals surface area contributed by atoms with Gasteiger partial charge in [-0.15, -0.1) is 0 Å². The molecule has 0 aromatic heterocycles. The van der Waals surface area contributed by atoms with E-state index in [1.165, 1.54) is 19.2 Å². The van der Waals surface area contributed by atoms with Crippen LogP contribution in [-0.4, -0.2) is 50.2 Å². The largest absolute Gasteiger partial charge is 0.341 e. The number of hydrogen-bond donors (Lipinski definition) is 0. The van der Waals surface area contributed by atoms with E-state index >= 15 is 0 Å². The van der Waals surface area contributed by atoms with Gasteiger partial charge in [0.05, 0.1) is 5.75 Å². The van der Waals surface area contributed by atoms with Crippen LogP contribution >= 0.6 is 11.6 Å². The van der Waals surface area contributed by atoms with Gasteiger partial charge in [0.15, 0.2) is 0 Å².